The molecule has 0 radical (unpaired) electrons. The molecule has 1 aromatic rings. The van der Waals surface area contributed by atoms with Gasteiger partial charge in [-0.15, -0.1) is 23.1 Å². The zero-order valence-electron chi connectivity index (χ0n) is 9.81. The molecular formula is C12H15ClO2S2. The Morgan fingerprint density at radius 3 is 2.94 bits per heavy atom. The fraction of sp³-hybridized carbons (Fsp3) is 0.583. The molecule has 1 fully saturated rings. The lowest BCUT2D eigenvalue weighted by atomic mass is 10.2. The average molecular weight is 291 g/mol. The third-order valence-corrected chi connectivity index (χ3v) is 5.71. The summed E-state index contributed by atoms with van der Waals surface area (Å²) in [5.74, 6) is 0.172. The predicted octanol–water partition coefficient (Wildman–Crippen LogP) is 3.88. The van der Waals surface area contributed by atoms with Gasteiger partial charge in [-0.2, -0.15) is 0 Å². The van der Waals surface area contributed by atoms with Crippen LogP contribution in [-0.4, -0.2) is 29.0 Å². The van der Waals surface area contributed by atoms with E-state index in [1.165, 1.54) is 11.3 Å². The van der Waals surface area contributed by atoms with Crippen LogP contribution in [0, 0.1) is 0 Å². The van der Waals surface area contributed by atoms with Crippen LogP contribution in [0.2, 0.25) is 4.34 Å². The summed E-state index contributed by atoms with van der Waals surface area (Å²) in [6.45, 7) is 4.85. The number of thiophene rings is 1. The van der Waals surface area contributed by atoms with E-state index in [2.05, 4.69) is 6.92 Å². The van der Waals surface area contributed by atoms with E-state index < -0.39 is 0 Å². The maximum atomic E-state index is 12.1. The zero-order valence-corrected chi connectivity index (χ0v) is 12.2. The van der Waals surface area contributed by atoms with Crippen molar-refractivity contribution in [3.8, 4) is 0 Å². The summed E-state index contributed by atoms with van der Waals surface area (Å²) >= 11 is 8.91. The fourth-order valence-corrected chi connectivity index (χ4v) is 4.32. The van der Waals surface area contributed by atoms with Crippen LogP contribution >= 0.6 is 34.7 Å². The minimum Gasteiger partial charge on any atom is -0.377 e. The minimum absolute atomic E-state index is 0.0288. The van der Waals surface area contributed by atoms with Crippen LogP contribution in [0.3, 0.4) is 0 Å². The number of carbonyl (C=O) groups excluding carboxylic acids is 1. The van der Waals surface area contributed by atoms with E-state index in [0.29, 0.717) is 9.59 Å². The second-order valence-electron chi connectivity index (χ2n) is 4.15. The van der Waals surface area contributed by atoms with Crippen LogP contribution in [0.15, 0.2) is 12.1 Å². The molecule has 2 nitrogen and oxygen atoms in total. The Bertz CT molecular complexity index is 405. The lowest BCUT2D eigenvalue weighted by molar-refractivity contribution is 0.0997. The van der Waals surface area contributed by atoms with Gasteiger partial charge in [-0.3, -0.25) is 4.79 Å². The van der Waals surface area contributed by atoms with Crippen molar-refractivity contribution in [1.82, 2.24) is 0 Å². The van der Waals surface area contributed by atoms with Gasteiger partial charge in [-0.25, -0.2) is 0 Å². The van der Waals surface area contributed by atoms with Gasteiger partial charge in [-0.05, 0) is 32.4 Å². The molecule has 0 saturated carbocycles. The van der Waals surface area contributed by atoms with Crippen LogP contribution in [0.1, 0.15) is 29.9 Å². The van der Waals surface area contributed by atoms with Gasteiger partial charge in [0, 0.05) is 11.9 Å². The number of rotatable bonds is 4. The van der Waals surface area contributed by atoms with Gasteiger partial charge in [0.05, 0.1) is 20.6 Å². The van der Waals surface area contributed by atoms with Crippen molar-refractivity contribution >= 4 is 40.5 Å². The number of hydrogen-bond donors (Lipinski definition) is 0. The SMILES string of the molecule is CC(SC1CCOC1C)C(=O)c1ccc(Cl)s1. The molecule has 1 aliphatic heterocycles. The van der Waals surface area contributed by atoms with Gasteiger partial charge in [0.1, 0.15) is 0 Å². The number of hydrogen-bond acceptors (Lipinski definition) is 4. The van der Waals surface area contributed by atoms with Crippen molar-refractivity contribution < 1.29 is 9.53 Å². The van der Waals surface area contributed by atoms with Gasteiger partial charge < -0.3 is 4.74 Å². The molecule has 2 rings (SSSR count). The maximum Gasteiger partial charge on any atom is 0.185 e. The third kappa shape index (κ3) is 3.25. The minimum atomic E-state index is -0.0288. The van der Waals surface area contributed by atoms with Crippen LogP contribution in [0.25, 0.3) is 0 Å². The molecule has 0 aromatic carbocycles. The van der Waals surface area contributed by atoms with Crippen molar-refractivity contribution in [2.24, 2.45) is 0 Å². The molecule has 3 unspecified atom stereocenters. The molecule has 0 amide bonds. The van der Waals surface area contributed by atoms with Crippen molar-refractivity contribution in [3.63, 3.8) is 0 Å². The largest absolute Gasteiger partial charge is 0.377 e. The highest BCUT2D eigenvalue weighted by Crippen LogP contribution is 2.32. The first kappa shape index (κ1) is 13.4. The number of carbonyl (C=O) groups is 1. The van der Waals surface area contributed by atoms with Crippen LogP contribution in [-0.2, 0) is 4.74 Å². The molecule has 94 valence electrons. The molecule has 0 bridgehead atoms. The Labute approximate surface area is 115 Å². The Balaban J connectivity index is 1.95. The van der Waals surface area contributed by atoms with Crippen LogP contribution in [0.4, 0.5) is 0 Å². The highest BCUT2D eigenvalue weighted by molar-refractivity contribution is 8.01. The Hall–Kier alpha value is -0.0300. The first-order chi connectivity index (χ1) is 8.08. The predicted molar refractivity (Wildman–Crippen MR) is 74.5 cm³/mol. The van der Waals surface area contributed by atoms with Gasteiger partial charge in [0.25, 0.3) is 0 Å². The maximum absolute atomic E-state index is 12.1. The first-order valence-corrected chi connectivity index (χ1v) is 7.78. The van der Waals surface area contributed by atoms with Gasteiger partial charge in [0.2, 0.25) is 0 Å². The molecule has 5 heteroatoms. The van der Waals surface area contributed by atoms with E-state index in [-0.39, 0.29) is 17.1 Å². The topological polar surface area (TPSA) is 26.3 Å². The summed E-state index contributed by atoms with van der Waals surface area (Å²) in [7, 11) is 0. The summed E-state index contributed by atoms with van der Waals surface area (Å²) < 4.78 is 6.17. The summed E-state index contributed by atoms with van der Waals surface area (Å²) in [6, 6.07) is 3.58. The number of halogens is 1. The van der Waals surface area contributed by atoms with E-state index in [1.807, 2.05) is 6.92 Å². The first-order valence-electron chi connectivity index (χ1n) is 5.64. The molecule has 1 aliphatic rings. The Morgan fingerprint density at radius 2 is 2.41 bits per heavy atom. The van der Waals surface area contributed by atoms with Gasteiger partial charge in [-0.1, -0.05) is 11.6 Å². The molecule has 0 N–H and O–H groups in total. The summed E-state index contributed by atoms with van der Waals surface area (Å²) in [5, 5.41) is 0.406. The van der Waals surface area contributed by atoms with Gasteiger partial charge in [0.15, 0.2) is 5.78 Å². The van der Waals surface area contributed by atoms with Crippen molar-refractivity contribution in [2.45, 2.75) is 36.9 Å². The van der Waals surface area contributed by atoms with E-state index in [1.54, 1.807) is 23.9 Å². The number of ketones is 1. The number of ether oxygens (including phenoxy) is 1. The molecule has 0 aliphatic carbocycles. The van der Waals surface area contributed by atoms with Crippen LogP contribution in [0.5, 0.6) is 0 Å². The van der Waals surface area contributed by atoms with Gasteiger partial charge >= 0.3 is 0 Å². The highest BCUT2D eigenvalue weighted by Gasteiger charge is 2.29. The van der Waals surface area contributed by atoms with E-state index >= 15 is 0 Å². The van der Waals surface area contributed by atoms with E-state index in [0.717, 1.165) is 17.9 Å². The quantitative estimate of drug-likeness (QED) is 0.787. The highest BCUT2D eigenvalue weighted by atomic mass is 35.5. The third-order valence-electron chi connectivity index (χ3n) is 2.87. The monoisotopic (exact) mass is 290 g/mol. The van der Waals surface area contributed by atoms with Crippen LogP contribution < -0.4 is 0 Å². The number of thioether (sulfide) groups is 1. The molecule has 0 spiro atoms. The summed E-state index contributed by atoms with van der Waals surface area (Å²) in [5.41, 5.74) is 0. The molecule has 3 atom stereocenters. The smallest absolute Gasteiger partial charge is 0.185 e. The molecule has 1 saturated heterocycles. The number of Topliss-reactive ketones (excluding diaryl/α,β-unsaturated/α-hetero) is 1. The molecule has 2 heterocycles. The van der Waals surface area contributed by atoms with E-state index in [9.17, 15) is 4.79 Å². The standard InChI is InChI=1S/C12H15ClO2S2/c1-7-9(5-6-15-7)16-8(2)12(14)10-3-4-11(13)17-10/h3-4,7-9H,5-6H2,1-2H3. The second kappa shape index (κ2) is 5.74. The normalized spacial score (nSPS) is 26.1. The van der Waals surface area contributed by atoms with E-state index in [4.69, 9.17) is 16.3 Å². The Kier molecular flexibility index (Phi) is 4.53. The zero-order chi connectivity index (χ0) is 12.4. The average Bonchev–Trinajstić information content (AvgIpc) is 2.88. The molecular weight excluding hydrogens is 276 g/mol. The lowest BCUT2D eigenvalue weighted by Gasteiger charge is -2.17. The van der Waals surface area contributed by atoms with Crippen molar-refractivity contribution in [1.29, 1.82) is 0 Å². The summed E-state index contributed by atoms with van der Waals surface area (Å²) in [6.07, 6.45) is 1.29. The molecule has 1 aromatic heterocycles. The Morgan fingerprint density at radius 1 is 1.65 bits per heavy atom. The van der Waals surface area contributed by atoms with Crippen molar-refractivity contribution in [3.05, 3.63) is 21.3 Å². The lowest BCUT2D eigenvalue weighted by Crippen LogP contribution is -2.21. The van der Waals surface area contributed by atoms with Crippen molar-refractivity contribution in [2.75, 3.05) is 6.61 Å². The fourth-order valence-electron chi connectivity index (χ4n) is 1.86. The molecule has 17 heavy (non-hydrogen) atoms. The summed E-state index contributed by atoms with van der Waals surface area (Å²) in [4.78, 5) is 12.9. The second-order valence-corrected chi connectivity index (χ2v) is 7.45.